The van der Waals surface area contributed by atoms with Gasteiger partial charge in [-0.3, -0.25) is 10.2 Å². The van der Waals surface area contributed by atoms with Crippen LogP contribution in [-0.4, -0.2) is 63.5 Å². The summed E-state index contributed by atoms with van der Waals surface area (Å²) in [6.45, 7) is 0.626. The topological polar surface area (TPSA) is 136 Å². The second-order valence-electron chi connectivity index (χ2n) is 11.2. The van der Waals surface area contributed by atoms with Crippen molar-refractivity contribution in [1.82, 2.24) is 10.9 Å². The number of aliphatic imine (C=N–C) groups is 1. The number of aliphatic hydroxyl groups is 1. The van der Waals surface area contributed by atoms with Crippen molar-refractivity contribution in [3.05, 3.63) is 126 Å². The van der Waals surface area contributed by atoms with Crippen LogP contribution in [0.2, 0.25) is 0 Å². The first-order valence-corrected chi connectivity index (χ1v) is 17.2. The van der Waals surface area contributed by atoms with Gasteiger partial charge in [0.2, 0.25) is 5.90 Å². The first kappa shape index (κ1) is 34.6. The Balaban J connectivity index is 1.49. The van der Waals surface area contributed by atoms with Gasteiger partial charge in [0.15, 0.2) is 21.5 Å². The number of nitrogens with zero attached hydrogens (tertiary/aromatic N) is 1. The minimum Gasteiger partial charge on any atom is -0.497 e. The summed E-state index contributed by atoms with van der Waals surface area (Å²) in [6.07, 6.45) is -0.335. The quantitative estimate of drug-likeness (QED) is 0.116. The molecule has 1 aliphatic heterocycles. The van der Waals surface area contributed by atoms with E-state index in [-0.39, 0.29) is 36.2 Å². The van der Waals surface area contributed by atoms with Crippen LogP contribution in [0.5, 0.6) is 11.5 Å². The van der Waals surface area contributed by atoms with Crippen LogP contribution in [0.4, 0.5) is 4.39 Å². The molecule has 4 aromatic carbocycles. The van der Waals surface area contributed by atoms with Gasteiger partial charge in [-0.1, -0.05) is 42.5 Å². The number of hydrogen-bond donors (Lipinski definition) is 3. The molecule has 0 unspecified atom stereocenters. The summed E-state index contributed by atoms with van der Waals surface area (Å²) < 4.78 is 58.3. The molecule has 0 fully saturated rings. The Morgan fingerprint density at radius 1 is 0.979 bits per heavy atom. The molecule has 0 saturated carbocycles. The smallest absolute Gasteiger partial charge is 0.266 e. The van der Waals surface area contributed by atoms with Gasteiger partial charge in [0.25, 0.3) is 5.91 Å². The third-order valence-corrected chi connectivity index (χ3v) is 9.64. The Bertz CT molecular complexity index is 1820. The number of carbonyl (C=O) groups is 1. The molecule has 2 atom stereocenters. The number of ether oxygens (including phenoxy) is 3. The Kier molecular flexibility index (Phi) is 11.4. The third kappa shape index (κ3) is 8.38. The van der Waals surface area contributed by atoms with Gasteiger partial charge in [-0.2, -0.15) is 0 Å². The summed E-state index contributed by atoms with van der Waals surface area (Å²) >= 11 is 0. The number of hydrazine groups is 1. The lowest BCUT2D eigenvalue weighted by Crippen LogP contribution is -2.53. The number of sulfone groups is 1. The van der Waals surface area contributed by atoms with Gasteiger partial charge in [0.1, 0.15) is 17.3 Å². The second kappa shape index (κ2) is 15.9. The first-order valence-electron chi connectivity index (χ1n) is 15.5. The molecule has 252 valence electrons. The fraction of sp³-hybridized carbons (Fsp3) is 0.278. The van der Waals surface area contributed by atoms with Gasteiger partial charge >= 0.3 is 0 Å². The van der Waals surface area contributed by atoms with Gasteiger partial charge in [-0.15, -0.1) is 0 Å². The number of aliphatic hydroxyl groups excluding tert-OH is 1. The molecule has 0 aliphatic carbocycles. The Morgan fingerprint density at radius 3 is 2.48 bits per heavy atom. The highest BCUT2D eigenvalue weighted by atomic mass is 32.2. The average molecular weight is 676 g/mol. The van der Waals surface area contributed by atoms with Gasteiger partial charge in [-0.25, -0.2) is 23.2 Å². The molecule has 10 nitrogen and oxygen atoms in total. The summed E-state index contributed by atoms with van der Waals surface area (Å²) in [7, 11) is -2.30. The first-order chi connectivity index (χ1) is 23.2. The molecule has 0 spiro atoms. The van der Waals surface area contributed by atoms with E-state index in [0.29, 0.717) is 42.1 Å². The van der Waals surface area contributed by atoms with Crippen LogP contribution in [0.25, 0.3) is 0 Å². The number of amides is 1. The summed E-state index contributed by atoms with van der Waals surface area (Å²) in [6, 6.07) is 28.2. The molecule has 0 radical (unpaired) electrons. The van der Waals surface area contributed by atoms with E-state index in [1.54, 1.807) is 78.9 Å². The Labute approximate surface area is 279 Å². The number of benzene rings is 4. The molecule has 1 amide bonds. The zero-order chi connectivity index (χ0) is 34.0. The summed E-state index contributed by atoms with van der Waals surface area (Å²) in [4.78, 5) is 19.3. The van der Waals surface area contributed by atoms with E-state index in [1.807, 2.05) is 0 Å². The van der Waals surface area contributed by atoms with Gasteiger partial charge in [0.05, 0.1) is 24.4 Å². The third-order valence-electron chi connectivity index (χ3n) is 7.91. The monoisotopic (exact) mass is 675 g/mol. The highest BCUT2D eigenvalue weighted by Crippen LogP contribution is 2.43. The largest absolute Gasteiger partial charge is 0.497 e. The highest BCUT2D eigenvalue weighted by Gasteiger charge is 2.53. The molecule has 12 heteroatoms. The SMILES string of the molecule is COc1cccc([C@@H]2OC(c3ccc(OCCCO)cc3)=N[C@]2(CCS(=O)(=O)c2ccccc2)C(=O)NNCCc2cccc(F)c2)c1. The zero-order valence-electron chi connectivity index (χ0n) is 26.5. The van der Waals surface area contributed by atoms with Crippen molar-refractivity contribution >= 4 is 21.6 Å². The average Bonchev–Trinajstić information content (AvgIpc) is 3.51. The number of carbonyl (C=O) groups excluding carboxylic acids is 1. The highest BCUT2D eigenvalue weighted by molar-refractivity contribution is 7.91. The van der Waals surface area contributed by atoms with E-state index in [2.05, 4.69) is 10.9 Å². The standard InChI is InChI=1S/C36H38FN3O7S/c1-45-31-11-6-9-28(25-31)33-36(19-23-48(43,44)32-12-3-2-4-13-32,35(42)40-38-20-18-26-8-5-10-29(37)24-26)39-34(47-33)27-14-16-30(17-15-27)46-22-7-21-41/h2-6,8-17,24-25,33,38,41H,7,18-23H2,1H3,(H,40,42)/t33-,36-/m0/s1. The van der Waals surface area contributed by atoms with Crippen LogP contribution in [0.3, 0.4) is 0 Å². The predicted octanol–water partition coefficient (Wildman–Crippen LogP) is 4.58. The van der Waals surface area contributed by atoms with Gasteiger partial charge in [0, 0.05) is 31.6 Å². The number of hydrogen-bond acceptors (Lipinski definition) is 9. The minimum absolute atomic E-state index is 0.0121. The Morgan fingerprint density at radius 2 is 1.75 bits per heavy atom. The molecule has 48 heavy (non-hydrogen) atoms. The molecule has 5 rings (SSSR count). The molecular weight excluding hydrogens is 637 g/mol. The van der Waals surface area contributed by atoms with Crippen LogP contribution < -0.4 is 20.3 Å². The Hall–Kier alpha value is -4.78. The maximum atomic E-state index is 14.3. The summed E-state index contributed by atoms with van der Waals surface area (Å²) in [5, 5.41) is 9.06. The zero-order valence-corrected chi connectivity index (χ0v) is 27.3. The van der Waals surface area contributed by atoms with Crippen molar-refractivity contribution in [3.8, 4) is 11.5 Å². The molecule has 4 aromatic rings. The predicted molar refractivity (Wildman–Crippen MR) is 179 cm³/mol. The van der Waals surface area contributed by atoms with Crippen LogP contribution in [-0.2, 0) is 25.8 Å². The van der Waals surface area contributed by atoms with Crippen molar-refractivity contribution in [2.24, 2.45) is 4.99 Å². The fourth-order valence-electron chi connectivity index (χ4n) is 5.36. The lowest BCUT2D eigenvalue weighted by atomic mass is 9.85. The summed E-state index contributed by atoms with van der Waals surface area (Å²) in [5.74, 6) is -0.102. The van der Waals surface area contributed by atoms with Gasteiger partial charge in [-0.05, 0) is 78.2 Å². The van der Waals surface area contributed by atoms with Crippen molar-refractivity contribution < 1.29 is 36.9 Å². The maximum Gasteiger partial charge on any atom is 0.266 e. The number of rotatable bonds is 16. The van der Waals surface area contributed by atoms with Crippen LogP contribution >= 0.6 is 0 Å². The van der Waals surface area contributed by atoms with Crippen LogP contribution in [0.1, 0.15) is 35.6 Å². The lowest BCUT2D eigenvalue weighted by molar-refractivity contribution is -0.130. The molecule has 1 heterocycles. The maximum absolute atomic E-state index is 14.3. The molecule has 3 N–H and O–H groups in total. The van der Waals surface area contributed by atoms with E-state index >= 15 is 0 Å². The number of methoxy groups -OCH3 is 1. The second-order valence-corrected chi connectivity index (χ2v) is 13.3. The van der Waals surface area contributed by atoms with Crippen molar-refractivity contribution in [2.75, 3.05) is 32.6 Å². The van der Waals surface area contributed by atoms with Crippen molar-refractivity contribution in [3.63, 3.8) is 0 Å². The van der Waals surface area contributed by atoms with E-state index in [0.717, 1.165) is 5.56 Å². The lowest BCUT2D eigenvalue weighted by Gasteiger charge is -2.30. The minimum atomic E-state index is -3.82. The van der Waals surface area contributed by atoms with E-state index in [9.17, 15) is 17.6 Å². The number of halogens is 1. The normalized spacial score (nSPS) is 17.3. The number of nitrogens with one attached hydrogen (secondary N) is 2. The fourth-order valence-corrected chi connectivity index (χ4v) is 6.75. The molecule has 1 aliphatic rings. The molecule has 0 bridgehead atoms. The molecular formula is C36H38FN3O7S. The van der Waals surface area contributed by atoms with Crippen LogP contribution in [0.15, 0.2) is 113 Å². The van der Waals surface area contributed by atoms with Crippen molar-refractivity contribution in [2.45, 2.75) is 35.8 Å². The van der Waals surface area contributed by atoms with E-state index in [1.165, 1.54) is 31.4 Å². The summed E-state index contributed by atoms with van der Waals surface area (Å²) in [5.41, 5.74) is 5.76. The van der Waals surface area contributed by atoms with E-state index < -0.39 is 33.1 Å². The molecule has 0 saturated heterocycles. The van der Waals surface area contributed by atoms with Crippen LogP contribution in [0, 0.1) is 5.82 Å². The van der Waals surface area contributed by atoms with Gasteiger partial charge < -0.3 is 19.3 Å². The van der Waals surface area contributed by atoms with E-state index in [4.69, 9.17) is 24.3 Å². The molecule has 0 aromatic heterocycles. The van der Waals surface area contributed by atoms with Crippen molar-refractivity contribution in [1.29, 1.82) is 0 Å².